The number of carbonyl (C=O) groups is 1. The summed E-state index contributed by atoms with van der Waals surface area (Å²) >= 11 is 0. The maximum absolute atomic E-state index is 11.6. The first-order valence-corrected chi connectivity index (χ1v) is 6.67. The second-order valence-electron chi connectivity index (χ2n) is 4.74. The largest absolute Gasteiger partial charge is 0.493 e. The second kappa shape index (κ2) is 7.14. The Morgan fingerprint density at radius 1 is 1.37 bits per heavy atom. The fraction of sp³-hybridized carbons (Fsp3) is 0.533. The zero-order chi connectivity index (χ0) is 14.3. The minimum atomic E-state index is -1.00. The third-order valence-electron chi connectivity index (χ3n) is 2.94. The highest BCUT2D eigenvalue weighted by molar-refractivity contribution is 5.79. The maximum atomic E-state index is 11.6. The van der Waals surface area contributed by atoms with E-state index in [1.54, 1.807) is 13.8 Å². The molecule has 1 rings (SSSR count). The van der Waals surface area contributed by atoms with Crippen LogP contribution in [0.25, 0.3) is 0 Å². The van der Waals surface area contributed by atoms with Crippen molar-refractivity contribution in [2.24, 2.45) is 5.73 Å². The second-order valence-corrected chi connectivity index (χ2v) is 4.74. The molecule has 0 saturated carbocycles. The summed E-state index contributed by atoms with van der Waals surface area (Å²) in [5, 5.41) is 0. The highest BCUT2D eigenvalue weighted by Gasteiger charge is 2.29. The van der Waals surface area contributed by atoms with Gasteiger partial charge in [0.15, 0.2) is 0 Å². The highest BCUT2D eigenvalue weighted by Crippen LogP contribution is 2.15. The minimum absolute atomic E-state index is 0.338. The first-order valence-electron chi connectivity index (χ1n) is 6.67. The monoisotopic (exact) mass is 265 g/mol. The van der Waals surface area contributed by atoms with Crippen LogP contribution in [0.5, 0.6) is 5.75 Å². The van der Waals surface area contributed by atoms with Crippen LogP contribution in [-0.4, -0.2) is 24.7 Å². The van der Waals surface area contributed by atoms with Crippen LogP contribution in [0.2, 0.25) is 0 Å². The molecule has 4 nitrogen and oxygen atoms in total. The lowest BCUT2D eigenvalue weighted by atomic mass is 10.0. The van der Waals surface area contributed by atoms with Crippen LogP contribution in [0, 0.1) is 0 Å². The van der Waals surface area contributed by atoms with Gasteiger partial charge in [-0.15, -0.1) is 0 Å². The predicted octanol–water partition coefficient (Wildman–Crippen LogP) is 2.30. The lowest BCUT2D eigenvalue weighted by Crippen LogP contribution is -2.47. The minimum Gasteiger partial charge on any atom is -0.493 e. The third-order valence-corrected chi connectivity index (χ3v) is 2.94. The van der Waals surface area contributed by atoms with Gasteiger partial charge in [-0.25, -0.2) is 0 Å². The quantitative estimate of drug-likeness (QED) is 0.768. The van der Waals surface area contributed by atoms with Gasteiger partial charge in [0.2, 0.25) is 0 Å². The molecule has 0 aromatic heterocycles. The molecule has 0 saturated heterocycles. The number of benzene rings is 1. The van der Waals surface area contributed by atoms with E-state index < -0.39 is 5.54 Å². The van der Waals surface area contributed by atoms with Crippen LogP contribution in [-0.2, 0) is 16.0 Å². The number of aryl methyl sites for hydroxylation is 1. The van der Waals surface area contributed by atoms with Gasteiger partial charge in [0, 0.05) is 6.42 Å². The van der Waals surface area contributed by atoms with Crippen molar-refractivity contribution in [2.75, 3.05) is 13.2 Å². The van der Waals surface area contributed by atoms with Crippen LogP contribution >= 0.6 is 0 Å². The van der Waals surface area contributed by atoms with E-state index in [0.717, 1.165) is 12.2 Å². The molecule has 1 atom stereocenters. The average Bonchev–Trinajstić information content (AvgIpc) is 2.39. The lowest BCUT2D eigenvalue weighted by molar-refractivity contribution is -0.149. The fourth-order valence-corrected chi connectivity index (χ4v) is 1.63. The van der Waals surface area contributed by atoms with Crippen LogP contribution < -0.4 is 10.5 Å². The van der Waals surface area contributed by atoms with Crippen molar-refractivity contribution < 1.29 is 14.3 Å². The molecule has 1 unspecified atom stereocenters. The Kier molecular flexibility index (Phi) is 5.83. The van der Waals surface area contributed by atoms with Crippen molar-refractivity contribution in [3.63, 3.8) is 0 Å². The summed E-state index contributed by atoms with van der Waals surface area (Å²) in [7, 11) is 0. The van der Waals surface area contributed by atoms with Crippen LogP contribution in [0.1, 0.15) is 32.8 Å². The molecule has 0 heterocycles. The molecular formula is C15H23NO3. The molecule has 1 aromatic carbocycles. The van der Waals surface area contributed by atoms with Crippen molar-refractivity contribution in [2.45, 2.75) is 39.2 Å². The first kappa shape index (κ1) is 15.5. The Labute approximate surface area is 114 Å². The number of nitrogens with two attached hydrogens (primary N) is 1. The molecule has 2 N–H and O–H groups in total. The predicted molar refractivity (Wildman–Crippen MR) is 75.2 cm³/mol. The van der Waals surface area contributed by atoms with Gasteiger partial charge in [-0.1, -0.05) is 19.1 Å². The Hall–Kier alpha value is -1.55. The Morgan fingerprint density at radius 2 is 2.11 bits per heavy atom. The fourth-order valence-electron chi connectivity index (χ4n) is 1.63. The molecular weight excluding hydrogens is 242 g/mol. The normalized spacial score (nSPS) is 13.7. The van der Waals surface area contributed by atoms with E-state index in [0.29, 0.717) is 19.6 Å². The number of hydrogen-bond donors (Lipinski definition) is 1. The van der Waals surface area contributed by atoms with Gasteiger partial charge in [-0.2, -0.15) is 0 Å². The molecule has 0 bridgehead atoms. The molecule has 0 fully saturated rings. The van der Waals surface area contributed by atoms with Gasteiger partial charge in [-0.05, 0) is 38.0 Å². The summed E-state index contributed by atoms with van der Waals surface area (Å²) in [6, 6.07) is 7.91. The van der Waals surface area contributed by atoms with Gasteiger partial charge in [0.05, 0.1) is 13.2 Å². The van der Waals surface area contributed by atoms with Gasteiger partial charge in [0.25, 0.3) is 0 Å². The van der Waals surface area contributed by atoms with E-state index in [4.69, 9.17) is 15.2 Å². The third kappa shape index (κ3) is 4.91. The molecule has 0 radical (unpaired) electrons. The number of hydrogen-bond acceptors (Lipinski definition) is 4. The smallest absolute Gasteiger partial charge is 0.325 e. The summed E-state index contributed by atoms with van der Waals surface area (Å²) in [5.41, 5.74) is 6.13. The summed E-state index contributed by atoms with van der Waals surface area (Å²) in [4.78, 5) is 11.6. The van der Waals surface area contributed by atoms with E-state index >= 15 is 0 Å². The molecule has 1 aromatic rings. The van der Waals surface area contributed by atoms with Gasteiger partial charge in [0.1, 0.15) is 11.3 Å². The van der Waals surface area contributed by atoms with Crippen molar-refractivity contribution in [3.05, 3.63) is 29.8 Å². The van der Waals surface area contributed by atoms with E-state index in [1.165, 1.54) is 5.56 Å². The Balaban J connectivity index is 2.46. The average molecular weight is 265 g/mol. The molecule has 106 valence electrons. The molecule has 4 heteroatoms. The van der Waals surface area contributed by atoms with Crippen LogP contribution in [0.15, 0.2) is 24.3 Å². The van der Waals surface area contributed by atoms with Crippen LogP contribution in [0.3, 0.4) is 0 Å². The van der Waals surface area contributed by atoms with E-state index in [-0.39, 0.29) is 5.97 Å². The Morgan fingerprint density at radius 3 is 2.74 bits per heavy atom. The van der Waals surface area contributed by atoms with E-state index in [9.17, 15) is 4.79 Å². The standard InChI is InChI=1S/C15H23NO3/c1-4-12-7-6-8-13(11-12)19-10-9-15(3,16)14(17)18-5-2/h6-8,11H,4-5,9-10,16H2,1-3H3. The summed E-state index contributed by atoms with van der Waals surface area (Å²) in [5.74, 6) is 0.417. The topological polar surface area (TPSA) is 61.5 Å². The first-order chi connectivity index (χ1) is 8.99. The molecule has 0 aliphatic heterocycles. The van der Waals surface area contributed by atoms with Crippen molar-refractivity contribution >= 4 is 5.97 Å². The van der Waals surface area contributed by atoms with Gasteiger partial charge < -0.3 is 15.2 Å². The van der Waals surface area contributed by atoms with Crippen molar-refractivity contribution in [3.8, 4) is 5.75 Å². The molecule has 0 aliphatic rings. The number of ether oxygens (including phenoxy) is 2. The van der Waals surface area contributed by atoms with Gasteiger partial charge in [-0.3, -0.25) is 4.79 Å². The molecule has 0 aliphatic carbocycles. The van der Waals surface area contributed by atoms with Crippen molar-refractivity contribution in [1.82, 2.24) is 0 Å². The summed E-state index contributed by atoms with van der Waals surface area (Å²) in [6.45, 7) is 6.25. The Bertz CT molecular complexity index is 416. The number of carbonyl (C=O) groups excluding carboxylic acids is 1. The van der Waals surface area contributed by atoms with Gasteiger partial charge >= 0.3 is 5.97 Å². The lowest BCUT2D eigenvalue weighted by Gasteiger charge is -2.22. The molecule has 0 amide bonds. The SMILES string of the molecule is CCOC(=O)C(C)(N)CCOc1cccc(CC)c1. The van der Waals surface area contributed by atoms with Crippen molar-refractivity contribution in [1.29, 1.82) is 0 Å². The van der Waals surface area contributed by atoms with Crippen LogP contribution in [0.4, 0.5) is 0 Å². The van der Waals surface area contributed by atoms with E-state index in [1.807, 2.05) is 18.2 Å². The maximum Gasteiger partial charge on any atom is 0.325 e. The number of esters is 1. The summed E-state index contributed by atoms with van der Waals surface area (Å²) < 4.78 is 10.6. The molecule has 19 heavy (non-hydrogen) atoms. The summed E-state index contributed by atoms with van der Waals surface area (Å²) in [6.07, 6.45) is 1.39. The highest BCUT2D eigenvalue weighted by atomic mass is 16.5. The number of rotatable bonds is 7. The van der Waals surface area contributed by atoms with E-state index in [2.05, 4.69) is 13.0 Å². The zero-order valence-electron chi connectivity index (χ0n) is 11.9. The molecule has 0 spiro atoms. The zero-order valence-corrected chi connectivity index (χ0v) is 11.9.